The maximum absolute atomic E-state index is 6.86. The van der Waals surface area contributed by atoms with Crippen molar-refractivity contribution in [3.8, 4) is 0 Å². The monoisotopic (exact) mass is 421 g/mol. The summed E-state index contributed by atoms with van der Waals surface area (Å²) < 4.78 is 6.65. The average Bonchev–Trinajstić information content (AvgIpc) is 3.18. The molecule has 0 radical (unpaired) electrons. The highest BCUT2D eigenvalue weighted by Gasteiger charge is 2.31. The molecular weight excluding hydrogens is 394 g/mol. The van der Waals surface area contributed by atoms with Gasteiger partial charge in [0.05, 0.1) is 27.6 Å². The molecule has 1 saturated heterocycles. The van der Waals surface area contributed by atoms with Gasteiger partial charge in [0.2, 0.25) is 0 Å². The number of fused-ring (bicyclic) bond motifs is 2. The van der Waals surface area contributed by atoms with Gasteiger partial charge in [-0.3, -0.25) is 4.98 Å². The van der Waals surface area contributed by atoms with E-state index in [-0.39, 0.29) is 0 Å². The first-order valence-corrected chi connectivity index (χ1v) is 11.2. The lowest BCUT2D eigenvalue weighted by Crippen LogP contribution is -2.39. The van der Waals surface area contributed by atoms with Gasteiger partial charge in [-0.25, -0.2) is 4.98 Å². The molecule has 2 aliphatic rings. The van der Waals surface area contributed by atoms with Crippen molar-refractivity contribution in [3.63, 3.8) is 0 Å². The molecule has 1 aromatic carbocycles. The number of piperidine rings is 1. The Morgan fingerprint density at radius 1 is 1.20 bits per heavy atom. The van der Waals surface area contributed by atoms with E-state index < -0.39 is 5.54 Å². The molecule has 1 aliphatic carbocycles. The number of aromatic nitrogens is 2. The second-order valence-electron chi connectivity index (χ2n) is 8.37. The normalized spacial score (nSPS) is 21.9. The van der Waals surface area contributed by atoms with Gasteiger partial charge in [0.1, 0.15) is 0 Å². The minimum atomic E-state index is -0.604. The Hall–Kier alpha value is -2.48. The molecule has 0 spiro atoms. The molecule has 3 aromatic rings. The number of nitrogens with two attached hydrogens (primary N) is 2. The smallest absolute Gasteiger partial charge is 0.186 e. The fourth-order valence-corrected chi connectivity index (χ4v) is 5.53. The lowest BCUT2D eigenvalue weighted by atomic mass is 9.80. The molecule has 0 amide bonds. The fraction of sp³-hybridized carbons (Fsp3) is 0.391. The third-order valence-electron chi connectivity index (χ3n) is 6.29. The van der Waals surface area contributed by atoms with Gasteiger partial charge in [0.25, 0.3) is 0 Å². The lowest BCUT2D eigenvalue weighted by molar-refractivity contribution is 0.0819. The lowest BCUT2D eigenvalue weighted by Gasteiger charge is -2.31. The van der Waals surface area contributed by atoms with Crippen molar-refractivity contribution in [2.75, 3.05) is 30.8 Å². The van der Waals surface area contributed by atoms with Gasteiger partial charge < -0.3 is 21.1 Å². The Morgan fingerprint density at radius 2 is 2.00 bits per heavy atom. The molecule has 1 atom stereocenters. The number of aryl methyl sites for hydroxylation is 1. The molecule has 7 heteroatoms. The summed E-state index contributed by atoms with van der Waals surface area (Å²) in [5.41, 5.74) is 18.3. The quantitative estimate of drug-likeness (QED) is 0.671. The summed E-state index contributed by atoms with van der Waals surface area (Å²) in [7, 11) is 1.80. The number of hydrogen-bond donors (Lipinski definition) is 2. The summed E-state index contributed by atoms with van der Waals surface area (Å²) in [6, 6.07) is 8.28. The molecule has 156 valence electrons. The number of nitrogens with zero attached hydrogens (tertiary/aromatic N) is 3. The van der Waals surface area contributed by atoms with Crippen LogP contribution in [0.2, 0.25) is 0 Å². The minimum Gasteiger partial charge on any atom is -0.398 e. The predicted octanol–water partition coefficient (Wildman–Crippen LogP) is 3.62. The number of rotatable bonds is 3. The summed E-state index contributed by atoms with van der Waals surface area (Å²) >= 11 is 1.74. The van der Waals surface area contributed by atoms with Crippen molar-refractivity contribution in [3.05, 3.63) is 52.9 Å². The van der Waals surface area contributed by atoms with E-state index in [4.69, 9.17) is 21.2 Å². The van der Waals surface area contributed by atoms with Gasteiger partial charge in [0, 0.05) is 43.6 Å². The first-order valence-electron chi connectivity index (χ1n) is 10.4. The van der Waals surface area contributed by atoms with Crippen LogP contribution in [0.1, 0.15) is 35.4 Å². The van der Waals surface area contributed by atoms with Gasteiger partial charge in [-0.1, -0.05) is 23.5 Å². The third-order valence-corrected chi connectivity index (χ3v) is 7.37. The van der Waals surface area contributed by atoms with Crippen LogP contribution in [0.5, 0.6) is 0 Å². The number of ether oxygens (including phenoxy) is 1. The van der Waals surface area contributed by atoms with Crippen LogP contribution in [0.4, 0.5) is 10.8 Å². The van der Waals surface area contributed by atoms with E-state index in [1.807, 2.05) is 19.1 Å². The molecule has 0 saturated carbocycles. The largest absolute Gasteiger partial charge is 0.398 e. The molecule has 3 heterocycles. The molecule has 5 rings (SSSR count). The molecule has 1 fully saturated rings. The van der Waals surface area contributed by atoms with Gasteiger partial charge in [0.15, 0.2) is 5.13 Å². The Labute approximate surface area is 180 Å². The Balaban J connectivity index is 1.44. The van der Waals surface area contributed by atoms with Gasteiger partial charge in [-0.05, 0) is 49.6 Å². The number of hydrogen-bond acceptors (Lipinski definition) is 7. The molecule has 1 aliphatic heterocycles. The minimum absolute atomic E-state index is 0.367. The maximum Gasteiger partial charge on any atom is 0.186 e. The highest BCUT2D eigenvalue weighted by Crippen LogP contribution is 2.37. The third kappa shape index (κ3) is 3.37. The summed E-state index contributed by atoms with van der Waals surface area (Å²) in [5, 5.41) is 1.08. The van der Waals surface area contributed by atoms with Crippen LogP contribution in [0.15, 0.2) is 30.3 Å². The van der Waals surface area contributed by atoms with E-state index in [0.29, 0.717) is 12.5 Å². The first kappa shape index (κ1) is 19.5. The molecule has 2 aromatic heterocycles. The van der Waals surface area contributed by atoms with Crippen molar-refractivity contribution in [2.45, 2.75) is 37.8 Å². The standard InChI is InChI=1S/C23H27N5OS/c1-14-11-18(24)17-13-23(25,8-5-19(17)26-14)15-3-4-20-21(12-15)30-22(27-20)28-9-6-16(29-2)7-10-28/h3-5,8,11-12,16H,6-7,9-10,13,25H2,1-2H3,(H2,24,26). The zero-order chi connectivity index (χ0) is 20.9. The Morgan fingerprint density at radius 3 is 2.77 bits per heavy atom. The molecular formula is C23H27N5OS. The highest BCUT2D eigenvalue weighted by atomic mass is 32.1. The molecule has 4 N–H and O–H groups in total. The SMILES string of the molecule is COC1CCN(c2nc3ccc(C4(N)C=Cc5nc(C)cc(N)c5C4)cc3s2)CC1. The second kappa shape index (κ2) is 7.34. The van der Waals surface area contributed by atoms with Gasteiger partial charge in [-0.15, -0.1) is 0 Å². The van der Waals surface area contributed by atoms with E-state index in [9.17, 15) is 0 Å². The Bertz CT molecular complexity index is 1130. The zero-order valence-electron chi connectivity index (χ0n) is 17.4. The van der Waals surface area contributed by atoms with E-state index in [2.05, 4.69) is 34.2 Å². The first-order chi connectivity index (χ1) is 14.4. The fourth-order valence-electron chi connectivity index (χ4n) is 4.48. The van der Waals surface area contributed by atoms with Crippen molar-refractivity contribution in [1.82, 2.24) is 9.97 Å². The Kier molecular flexibility index (Phi) is 4.76. The second-order valence-corrected chi connectivity index (χ2v) is 9.38. The summed E-state index contributed by atoms with van der Waals surface area (Å²) in [5.74, 6) is 0. The van der Waals surface area contributed by atoms with Crippen LogP contribution in [-0.4, -0.2) is 36.3 Å². The molecule has 1 unspecified atom stereocenters. The highest BCUT2D eigenvalue weighted by molar-refractivity contribution is 7.22. The number of methoxy groups -OCH3 is 1. The predicted molar refractivity (Wildman–Crippen MR) is 124 cm³/mol. The topological polar surface area (TPSA) is 90.3 Å². The van der Waals surface area contributed by atoms with E-state index in [0.717, 1.165) is 69.5 Å². The number of benzene rings is 1. The van der Waals surface area contributed by atoms with Crippen molar-refractivity contribution in [2.24, 2.45) is 5.73 Å². The molecule has 0 bridgehead atoms. The zero-order valence-corrected chi connectivity index (χ0v) is 18.2. The summed E-state index contributed by atoms with van der Waals surface area (Å²) in [4.78, 5) is 11.8. The van der Waals surface area contributed by atoms with Crippen LogP contribution in [0.3, 0.4) is 0 Å². The van der Waals surface area contributed by atoms with Crippen molar-refractivity contribution >= 4 is 38.4 Å². The van der Waals surface area contributed by atoms with E-state index in [1.165, 1.54) is 0 Å². The van der Waals surface area contributed by atoms with Crippen molar-refractivity contribution < 1.29 is 4.74 Å². The van der Waals surface area contributed by atoms with Gasteiger partial charge in [-0.2, -0.15) is 0 Å². The van der Waals surface area contributed by atoms with Crippen molar-refractivity contribution in [1.29, 1.82) is 0 Å². The van der Waals surface area contributed by atoms with Crippen LogP contribution >= 0.6 is 11.3 Å². The van der Waals surface area contributed by atoms with Gasteiger partial charge >= 0.3 is 0 Å². The molecule has 6 nitrogen and oxygen atoms in total. The van der Waals surface area contributed by atoms with E-state index >= 15 is 0 Å². The molecule has 30 heavy (non-hydrogen) atoms. The van der Waals surface area contributed by atoms with Crippen LogP contribution in [0.25, 0.3) is 16.3 Å². The number of anilines is 2. The number of pyridine rings is 1. The summed E-state index contributed by atoms with van der Waals surface area (Å²) in [6.07, 6.45) is 7.15. The maximum atomic E-state index is 6.86. The average molecular weight is 422 g/mol. The van der Waals surface area contributed by atoms with Crippen LogP contribution < -0.4 is 16.4 Å². The number of thiazole rings is 1. The summed E-state index contributed by atoms with van der Waals surface area (Å²) in [6.45, 7) is 3.93. The van der Waals surface area contributed by atoms with Crippen LogP contribution in [0, 0.1) is 6.92 Å². The van der Waals surface area contributed by atoms with E-state index in [1.54, 1.807) is 18.4 Å². The number of nitrogen functional groups attached to an aromatic ring is 1. The van der Waals surface area contributed by atoms with Crippen LogP contribution in [-0.2, 0) is 16.7 Å².